The summed E-state index contributed by atoms with van der Waals surface area (Å²) in [4.78, 5) is 12.8. The molecule has 0 saturated carbocycles. The van der Waals surface area contributed by atoms with Crippen molar-refractivity contribution < 1.29 is 4.42 Å². The average molecular weight is 707 g/mol. The Kier molecular flexibility index (Phi) is 8.15. The van der Waals surface area contributed by atoms with Crippen molar-refractivity contribution in [3.63, 3.8) is 0 Å². The smallest absolute Gasteiger partial charge is 0.135 e. The second-order valence-electron chi connectivity index (χ2n) is 13.9. The van der Waals surface area contributed by atoms with Gasteiger partial charge in [0.1, 0.15) is 17.5 Å². The van der Waals surface area contributed by atoms with Crippen LogP contribution in [0.1, 0.15) is 5.56 Å². The van der Waals surface area contributed by atoms with Crippen molar-refractivity contribution in [2.45, 2.75) is 0 Å². The van der Waals surface area contributed by atoms with Gasteiger partial charge in [-0.1, -0.05) is 97.1 Å². The fourth-order valence-corrected chi connectivity index (χ4v) is 7.57. The summed E-state index contributed by atoms with van der Waals surface area (Å²) in [5.74, 6) is 0. The van der Waals surface area contributed by atoms with Crippen molar-refractivity contribution in [3.8, 4) is 66.8 Å². The first-order valence-corrected chi connectivity index (χ1v) is 18.4. The summed E-state index contributed by atoms with van der Waals surface area (Å²) in [6.07, 6.45) is 8.95. The van der Waals surface area contributed by atoms with Gasteiger partial charge < -0.3 is 9.73 Å². The molecule has 0 unspecified atom stereocenters. The van der Waals surface area contributed by atoms with E-state index in [0.717, 1.165) is 89.7 Å². The predicted octanol–water partition coefficient (Wildman–Crippen LogP) is 12.4. The number of rotatable bonds is 7. The number of nitrogens with one attached hydrogen (secondary N) is 1. The van der Waals surface area contributed by atoms with E-state index in [1.54, 1.807) is 12.7 Å². The molecule has 1 aliphatic heterocycles. The van der Waals surface area contributed by atoms with Crippen LogP contribution in [0.3, 0.4) is 0 Å². The third-order valence-electron chi connectivity index (χ3n) is 10.4. The molecule has 0 bridgehead atoms. The monoisotopic (exact) mass is 706 g/mol. The van der Waals surface area contributed by atoms with Crippen molar-refractivity contribution in [2.24, 2.45) is 4.99 Å². The fraction of sp³-hybridized carbons (Fsp3) is 0.0200. The number of hydrogen-bond acceptors (Lipinski definition) is 5. The first-order chi connectivity index (χ1) is 27.2. The Morgan fingerprint density at radius 1 is 0.400 bits per heavy atom. The zero-order chi connectivity index (χ0) is 36.6. The van der Waals surface area contributed by atoms with E-state index in [9.17, 15) is 0 Å². The van der Waals surface area contributed by atoms with E-state index in [4.69, 9.17) is 4.42 Å². The molecule has 1 N–H and O–H groups in total. The van der Waals surface area contributed by atoms with E-state index in [0.29, 0.717) is 0 Å². The molecule has 1 aliphatic rings. The van der Waals surface area contributed by atoms with Crippen molar-refractivity contribution in [2.75, 3.05) is 6.54 Å². The Morgan fingerprint density at radius 3 is 1.45 bits per heavy atom. The van der Waals surface area contributed by atoms with Crippen LogP contribution in [0.2, 0.25) is 0 Å². The van der Waals surface area contributed by atoms with Gasteiger partial charge in [0.05, 0.1) is 6.34 Å². The molecular weight excluding hydrogens is 673 g/mol. The van der Waals surface area contributed by atoms with Gasteiger partial charge in [-0.25, -0.2) is 15.0 Å². The SMILES string of the molecule is C1=NC=C(c2cccc(-c3cccc(-c4cc(-c5cccc(-c6cccc(-c7cncnc7)c6)c5)cc(-c5ccc6oc7ccccc7c6c5)c4)c3)c2)CN1. The third-order valence-corrected chi connectivity index (χ3v) is 10.4. The van der Waals surface area contributed by atoms with Crippen LogP contribution in [0, 0.1) is 0 Å². The van der Waals surface area contributed by atoms with E-state index in [-0.39, 0.29) is 0 Å². The number of fused-ring (bicyclic) bond motifs is 3. The highest BCUT2D eigenvalue weighted by Crippen LogP contribution is 2.38. The van der Waals surface area contributed by atoms with E-state index < -0.39 is 0 Å². The Bertz CT molecular complexity index is 2940. The average Bonchev–Trinajstić information content (AvgIpc) is 3.65. The van der Waals surface area contributed by atoms with E-state index in [1.165, 1.54) is 16.7 Å². The largest absolute Gasteiger partial charge is 0.456 e. The van der Waals surface area contributed by atoms with Gasteiger partial charge in [0.25, 0.3) is 0 Å². The summed E-state index contributed by atoms with van der Waals surface area (Å²) in [6, 6.07) is 56.7. The standard InChI is InChI=1S/C50H34N4O/c1-2-16-49-47(15-1)48-26-41(17-18-50(48)55-49)44-24-42(37-11-3-7-33(19-37)35-9-5-13-39(21-35)45-27-51-31-52-28-45)23-43(25-44)38-12-4-8-34(20-38)36-10-6-14-40(22-36)46-29-53-32-54-30-46/h1-29,31-32H,30H2,(H,53,54). The fourth-order valence-electron chi connectivity index (χ4n) is 7.57. The molecule has 0 radical (unpaired) electrons. The normalized spacial score (nSPS) is 12.5. The molecule has 0 aliphatic carbocycles. The molecule has 10 rings (SSSR count). The topological polar surface area (TPSA) is 63.3 Å². The quantitative estimate of drug-likeness (QED) is 0.179. The molecule has 2 aromatic heterocycles. The molecule has 55 heavy (non-hydrogen) atoms. The van der Waals surface area contributed by atoms with E-state index in [2.05, 4.69) is 166 Å². The van der Waals surface area contributed by atoms with Crippen LogP contribution < -0.4 is 5.32 Å². The van der Waals surface area contributed by atoms with Crippen LogP contribution in [0.5, 0.6) is 0 Å². The summed E-state index contributed by atoms with van der Waals surface area (Å²) < 4.78 is 6.20. The maximum atomic E-state index is 6.20. The lowest BCUT2D eigenvalue weighted by molar-refractivity contribution is 0.669. The van der Waals surface area contributed by atoms with E-state index >= 15 is 0 Å². The Balaban J connectivity index is 1.09. The number of aromatic nitrogens is 2. The molecule has 5 heteroatoms. The number of benzene rings is 7. The maximum Gasteiger partial charge on any atom is 0.135 e. The number of para-hydroxylation sites is 1. The zero-order valence-electron chi connectivity index (χ0n) is 29.9. The summed E-state index contributed by atoms with van der Waals surface area (Å²) >= 11 is 0. The van der Waals surface area contributed by atoms with Crippen molar-refractivity contribution in [1.29, 1.82) is 0 Å². The maximum absolute atomic E-state index is 6.20. The highest BCUT2D eigenvalue weighted by molar-refractivity contribution is 6.06. The molecule has 0 atom stereocenters. The lowest BCUT2D eigenvalue weighted by atomic mass is 9.90. The second kappa shape index (κ2) is 13.9. The molecule has 5 nitrogen and oxygen atoms in total. The number of hydrogen-bond donors (Lipinski definition) is 1. The van der Waals surface area contributed by atoms with Gasteiger partial charge in [-0.3, -0.25) is 0 Å². The third kappa shape index (κ3) is 6.38. The number of nitrogens with zero attached hydrogens (tertiary/aromatic N) is 3. The molecule has 0 spiro atoms. The van der Waals surface area contributed by atoms with Gasteiger partial charge in [0.15, 0.2) is 0 Å². The molecular formula is C50H34N4O. The Labute approximate surface area is 319 Å². The van der Waals surface area contributed by atoms with Crippen molar-refractivity contribution in [3.05, 3.63) is 188 Å². The zero-order valence-corrected chi connectivity index (χ0v) is 29.9. The highest BCUT2D eigenvalue weighted by atomic mass is 16.3. The molecule has 0 amide bonds. The van der Waals surface area contributed by atoms with Crippen LogP contribution in [0.4, 0.5) is 0 Å². The van der Waals surface area contributed by atoms with Crippen molar-refractivity contribution >= 4 is 33.9 Å². The van der Waals surface area contributed by atoms with Crippen molar-refractivity contribution in [1.82, 2.24) is 15.3 Å². The van der Waals surface area contributed by atoms with Crippen LogP contribution >= 0.6 is 0 Å². The summed E-state index contributed by atoms with van der Waals surface area (Å²) in [7, 11) is 0. The van der Waals surface area contributed by atoms with Gasteiger partial charge in [0, 0.05) is 41.5 Å². The molecule has 0 fully saturated rings. The second-order valence-corrected chi connectivity index (χ2v) is 13.9. The summed E-state index contributed by atoms with van der Waals surface area (Å²) in [5.41, 5.74) is 17.7. The van der Waals surface area contributed by atoms with Gasteiger partial charge >= 0.3 is 0 Å². The molecule has 260 valence electrons. The molecule has 3 heterocycles. The lowest BCUT2D eigenvalue weighted by Crippen LogP contribution is -2.16. The first-order valence-electron chi connectivity index (χ1n) is 18.4. The number of aliphatic imine (C=N–C) groups is 1. The minimum atomic E-state index is 0.761. The highest BCUT2D eigenvalue weighted by Gasteiger charge is 2.14. The molecule has 7 aromatic carbocycles. The molecule has 9 aromatic rings. The van der Waals surface area contributed by atoms with Crippen LogP contribution in [-0.4, -0.2) is 22.9 Å². The Morgan fingerprint density at radius 2 is 0.873 bits per heavy atom. The van der Waals surface area contributed by atoms with Crippen LogP contribution in [0.15, 0.2) is 192 Å². The van der Waals surface area contributed by atoms with Crippen LogP contribution in [-0.2, 0) is 0 Å². The lowest BCUT2D eigenvalue weighted by Gasteiger charge is -2.14. The van der Waals surface area contributed by atoms with Gasteiger partial charge in [0.2, 0.25) is 0 Å². The van der Waals surface area contributed by atoms with Gasteiger partial charge in [-0.2, -0.15) is 0 Å². The minimum absolute atomic E-state index is 0.761. The van der Waals surface area contributed by atoms with Gasteiger partial charge in [-0.15, -0.1) is 0 Å². The summed E-state index contributed by atoms with van der Waals surface area (Å²) in [6.45, 7) is 0.761. The Hall–Kier alpha value is -7.37. The van der Waals surface area contributed by atoms with E-state index in [1.807, 2.05) is 30.7 Å². The van der Waals surface area contributed by atoms with Crippen LogP contribution in [0.25, 0.3) is 94.3 Å². The number of furan rings is 1. The summed E-state index contributed by atoms with van der Waals surface area (Å²) in [5, 5.41) is 5.46. The minimum Gasteiger partial charge on any atom is -0.456 e. The first kappa shape index (κ1) is 32.3. The molecule has 0 saturated heterocycles. The predicted molar refractivity (Wildman–Crippen MR) is 226 cm³/mol. The van der Waals surface area contributed by atoms with Gasteiger partial charge in [-0.05, 0) is 133 Å².